The zero-order chi connectivity index (χ0) is 5.86. The van der Waals surface area contributed by atoms with Crippen molar-refractivity contribution in [1.82, 2.24) is 0 Å². The summed E-state index contributed by atoms with van der Waals surface area (Å²) in [5.74, 6) is 0.421. The number of hydrogen-bond acceptors (Lipinski definition) is 1. The summed E-state index contributed by atoms with van der Waals surface area (Å²) in [5.41, 5.74) is 0. The van der Waals surface area contributed by atoms with Crippen molar-refractivity contribution < 1.29 is 57.9 Å². The average Bonchev–Trinajstić information content (AvgIpc) is 1.65. The Kier molecular flexibility index (Phi) is 10.3. The predicted molar refractivity (Wildman–Crippen MR) is 32.2 cm³/mol. The number of hydrogen-bond donors (Lipinski definition) is 1. The standard InChI is InChI=1S/C6H14O.K.H/c1-4-6(7)5(2)3;;/h5-7H,4H2,1-3H3;;/q;+1;-1. The Morgan fingerprint density at radius 1 is 1.50 bits per heavy atom. The van der Waals surface area contributed by atoms with Gasteiger partial charge < -0.3 is 6.53 Å². The van der Waals surface area contributed by atoms with E-state index < -0.39 is 0 Å². The van der Waals surface area contributed by atoms with Crippen LogP contribution in [0.5, 0.6) is 0 Å². The van der Waals surface area contributed by atoms with Crippen molar-refractivity contribution in [1.29, 1.82) is 0 Å². The Morgan fingerprint density at radius 2 is 1.88 bits per heavy atom. The molecule has 0 saturated carbocycles. The van der Waals surface area contributed by atoms with Crippen LogP contribution < -0.4 is 51.4 Å². The third-order valence-corrected chi connectivity index (χ3v) is 1.19. The third-order valence-electron chi connectivity index (χ3n) is 1.19. The maximum atomic E-state index is 8.94. The fourth-order valence-electron chi connectivity index (χ4n) is 0.471. The van der Waals surface area contributed by atoms with Crippen LogP contribution in [-0.2, 0) is 0 Å². The Bertz CT molecular complexity index is 50.3. The molecular formula is C6H15KO. The third kappa shape index (κ3) is 5.73. The largest absolute Gasteiger partial charge is 1.00 e. The van der Waals surface area contributed by atoms with Gasteiger partial charge in [0, 0.05) is 0 Å². The van der Waals surface area contributed by atoms with Crippen molar-refractivity contribution >= 4 is 0 Å². The molecule has 0 radical (unpaired) electrons. The molecule has 8 heavy (non-hydrogen) atoms. The van der Waals surface area contributed by atoms with Gasteiger partial charge in [0.25, 0.3) is 0 Å². The van der Waals surface area contributed by atoms with Crippen molar-refractivity contribution in [2.75, 3.05) is 0 Å². The van der Waals surface area contributed by atoms with Crippen molar-refractivity contribution in [3.05, 3.63) is 0 Å². The molecule has 0 aliphatic rings. The quantitative estimate of drug-likeness (QED) is 0.467. The summed E-state index contributed by atoms with van der Waals surface area (Å²) in [6, 6.07) is 0. The van der Waals surface area contributed by atoms with Gasteiger partial charge in [-0.25, -0.2) is 0 Å². The van der Waals surface area contributed by atoms with E-state index in [0.29, 0.717) is 5.92 Å². The first-order chi connectivity index (χ1) is 3.18. The summed E-state index contributed by atoms with van der Waals surface area (Å²) >= 11 is 0. The molecule has 1 nitrogen and oxygen atoms in total. The monoisotopic (exact) mass is 142 g/mol. The van der Waals surface area contributed by atoms with E-state index >= 15 is 0 Å². The van der Waals surface area contributed by atoms with Crippen LogP contribution >= 0.6 is 0 Å². The van der Waals surface area contributed by atoms with Crippen LogP contribution in [0.25, 0.3) is 0 Å². The second-order valence-electron chi connectivity index (χ2n) is 2.22. The summed E-state index contributed by atoms with van der Waals surface area (Å²) in [5, 5.41) is 8.94. The molecule has 1 N–H and O–H groups in total. The first-order valence-corrected chi connectivity index (χ1v) is 2.86. The number of rotatable bonds is 2. The van der Waals surface area contributed by atoms with Gasteiger partial charge in [0.15, 0.2) is 0 Å². The zero-order valence-corrected chi connectivity index (χ0v) is 9.43. The van der Waals surface area contributed by atoms with Gasteiger partial charge >= 0.3 is 51.4 Å². The number of aliphatic hydroxyl groups is 1. The molecule has 0 aliphatic heterocycles. The van der Waals surface area contributed by atoms with Gasteiger partial charge in [-0.15, -0.1) is 0 Å². The van der Waals surface area contributed by atoms with Gasteiger partial charge in [-0.2, -0.15) is 0 Å². The summed E-state index contributed by atoms with van der Waals surface area (Å²) in [7, 11) is 0. The molecule has 0 heterocycles. The van der Waals surface area contributed by atoms with Crippen molar-refractivity contribution in [3.63, 3.8) is 0 Å². The van der Waals surface area contributed by atoms with Gasteiger partial charge in [-0.3, -0.25) is 0 Å². The summed E-state index contributed by atoms with van der Waals surface area (Å²) in [4.78, 5) is 0. The molecule has 46 valence electrons. The normalized spacial score (nSPS) is 13.1. The van der Waals surface area contributed by atoms with Crippen LogP contribution in [0.3, 0.4) is 0 Å². The van der Waals surface area contributed by atoms with Crippen molar-refractivity contribution in [2.24, 2.45) is 5.92 Å². The molecule has 0 spiro atoms. The maximum absolute atomic E-state index is 8.94. The first-order valence-electron chi connectivity index (χ1n) is 2.86. The van der Waals surface area contributed by atoms with E-state index in [1.165, 1.54) is 0 Å². The minimum Gasteiger partial charge on any atom is -1.00 e. The SMILES string of the molecule is CCC(O)C(C)C.[H-].[K+]. The molecule has 0 aromatic heterocycles. The van der Waals surface area contributed by atoms with Crippen LogP contribution in [-0.4, -0.2) is 11.2 Å². The van der Waals surface area contributed by atoms with Crippen LogP contribution in [0.4, 0.5) is 0 Å². The minimum atomic E-state index is -0.0972. The molecule has 0 bridgehead atoms. The van der Waals surface area contributed by atoms with Gasteiger partial charge in [0.05, 0.1) is 6.10 Å². The average molecular weight is 142 g/mol. The maximum Gasteiger partial charge on any atom is 1.00 e. The fraction of sp³-hybridized carbons (Fsp3) is 1.00. The molecule has 0 rings (SSSR count). The van der Waals surface area contributed by atoms with Crippen LogP contribution in [0.2, 0.25) is 0 Å². The Morgan fingerprint density at radius 3 is 1.88 bits per heavy atom. The molecule has 0 saturated heterocycles. The minimum absolute atomic E-state index is 0. The van der Waals surface area contributed by atoms with Crippen molar-refractivity contribution in [3.8, 4) is 0 Å². The Balaban J connectivity index is -0.000000180. The van der Waals surface area contributed by atoms with E-state index in [1.54, 1.807) is 0 Å². The molecular weight excluding hydrogens is 127 g/mol. The molecule has 0 amide bonds. The smallest absolute Gasteiger partial charge is 1.00 e. The van der Waals surface area contributed by atoms with Crippen LogP contribution in [0.1, 0.15) is 28.6 Å². The molecule has 0 aliphatic carbocycles. The first kappa shape index (κ1) is 12.3. The molecule has 1 unspecified atom stereocenters. The molecule has 1 atom stereocenters. The van der Waals surface area contributed by atoms with E-state index in [1.807, 2.05) is 20.8 Å². The fourth-order valence-corrected chi connectivity index (χ4v) is 0.471. The van der Waals surface area contributed by atoms with E-state index in [-0.39, 0.29) is 58.9 Å². The zero-order valence-electron chi connectivity index (χ0n) is 7.31. The van der Waals surface area contributed by atoms with Gasteiger partial charge in [-0.05, 0) is 12.3 Å². The molecule has 0 aromatic carbocycles. The van der Waals surface area contributed by atoms with E-state index in [2.05, 4.69) is 0 Å². The topological polar surface area (TPSA) is 20.2 Å². The second kappa shape index (κ2) is 6.71. The second-order valence-corrected chi connectivity index (χ2v) is 2.22. The molecule has 2 heteroatoms. The van der Waals surface area contributed by atoms with Gasteiger partial charge in [0.2, 0.25) is 0 Å². The Hall–Kier alpha value is 1.60. The summed E-state index contributed by atoms with van der Waals surface area (Å²) < 4.78 is 0. The van der Waals surface area contributed by atoms with Gasteiger partial charge in [0.1, 0.15) is 0 Å². The Labute approximate surface area is 95.8 Å². The summed E-state index contributed by atoms with van der Waals surface area (Å²) in [6.45, 7) is 6.03. The van der Waals surface area contributed by atoms with Crippen molar-refractivity contribution in [2.45, 2.75) is 33.3 Å². The van der Waals surface area contributed by atoms with E-state index in [4.69, 9.17) is 5.11 Å². The summed E-state index contributed by atoms with van der Waals surface area (Å²) in [6.07, 6.45) is 0.775. The number of aliphatic hydroxyl groups excluding tert-OH is 1. The van der Waals surface area contributed by atoms with Gasteiger partial charge in [-0.1, -0.05) is 20.8 Å². The van der Waals surface area contributed by atoms with E-state index in [9.17, 15) is 0 Å². The van der Waals surface area contributed by atoms with Crippen LogP contribution in [0, 0.1) is 5.92 Å². The van der Waals surface area contributed by atoms with Crippen LogP contribution in [0.15, 0.2) is 0 Å². The molecule has 0 fully saturated rings. The molecule has 0 aromatic rings. The van der Waals surface area contributed by atoms with E-state index in [0.717, 1.165) is 6.42 Å². The predicted octanol–water partition coefficient (Wildman–Crippen LogP) is -1.47.